The van der Waals surface area contributed by atoms with Crippen LogP contribution >= 0.6 is 11.6 Å². The molecule has 1 saturated carbocycles. The van der Waals surface area contributed by atoms with Crippen molar-refractivity contribution in [2.45, 2.75) is 58.1 Å². The van der Waals surface area contributed by atoms with Crippen LogP contribution in [0.2, 0.25) is 5.02 Å². The van der Waals surface area contributed by atoms with Crippen molar-refractivity contribution in [3.8, 4) is 11.3 Å². The summed E-state index contributed by atoms with van der Waals surface area (Å²) in [7, 11) is 0. The summed E-state index contributed by atoms with van der Waals surface area (Å²) >= 11 is 6.24. The Morgan fingerprint density at radius 2 is 2.04 bits per heavy atom. The lowest BCUT2D eigenvalue weighted by Gasteiger charge is -2.22. The molecule has 1 aliphatic carbocycles. The standard InChI is InChI=1S/C20H26ClN3O2/c1-2-15-12-18(24-23-15)14-9-10-17(21)16(11-14)20(26)22-19(25)13-7-5-3-4-6-8-13/h9-13,19,25H,2-8H2,1H3,(H,22,26)(H,23,24). The molecule has 0 saturated heterocycles. The van der Waals surface area contributed by atoms with Gasteiger partial charge < -0.3 is 10.4 Å². The van der Waals surface area contributed by atoms with Gasteiger partial charge >= 0.3 is 0 Å². The molecule has 1 atom stereocenters. The second kappa shape index (κ2) is 8.69. The van der Waals surface area contributed by atoms with Gasteiger partial charge in [-0.1, -0.05) is 50.3 Å². The van der Waals surface area contributed by atoms with E-state index >= 15 is 0 Å². The molecule has 1 fully saturated rings. The molecule has 1 unspecified atom stereocenters. The summed E-state index contributed by atoms with van der Waals surface area (Å²) in [6, 6.07) is 7.26. The molecule has 1 heterocycles. The van der Waals surface area contributed by atoms with Gasteiger partial charge in [0.05, 0.1) is 22.0 Å². The van der Waals surface area contributed by atoms with Crippen molar-refractivity contribution in [3.05, 3.63) is 40.5 Å². The summed E-state index contributed by atoms with van der Waals surface area (Å²) in [4.78, 5) is 12.7. The van der Waals surface area contributed by atoms with Gasteiger partial charge in [-0.3, -0.25) is 9.89 Å². The summed E-state index contributed by atoms with van der Waals surface area (Å²) in [5.41, 5.74) is 3.02. The zero-order valence-electron chi connectivity index (χ0n) is 15.1. The number of aromatic amines is 1. The number of carbonyl (C=O) groups excluding carboxylic acids is 1. The Morgan fingerprint density at radius 3 is 2.69 bits per heavy atom. The monoisotopic (exact) mass is 375 g/mol. The number of carbonyl (C=O) groups is 1. The molecule has 0 radical (unpaired) electrons. The van der Waals surface area contributed by atoms with Crippen LogP contribution in [0.1, 0.15) is 61.5 Å². The Morgan fingerprint density at radius 1 is 1.31 bits per heavy atom. The minimum atomic E-state index is -0.834. The summed E-state index contributed by atoms with van der Waals surface area (Å²) in [6.07, 6.45) is 6.52. The Bertz CT molecular complexity index is 751. The number of rotatable bonds is 5. The van der Waals surface area contributed by atoms with Crippen molar-refractivity contribution in [1.82, 2.24) is 15.5 Å². The highest BCUT2D eigenvalue weighted by Crippen LogP contribution is 2.27. The van der Waals surface area contributed by atoms with Crippen LogP contribution < -0.4 is 5.32 Å². The quantitative estimate of drug-likeness (QED) is 0.538. The number of halogens is 1. The summed E-state index contributed by atoms with van der Waals surface area (Å²) in [6.45, 7) is 2.04. The molecule has 5 nitrogen and oxygen atoms in total. The highest BCUT2D eigenvalue weighted by Gasteiger charge is 2.23. The summed E-state index contributed by atoms with van der Waals surface area (Å²) < 4.78 is 0. The molecule has 2 aromatic rings. The topological polar surface area (TPSA) is 78.0 Å². The van der Waals surface area contributed by atoms with Crippen LogP contribution in [-0.4, -0.2) is 27.4 Å². The molecular weight excluding hydrogens is 350 g/mol. The second-order valence-electron chi connectivity index (χ2n) is 6.99. The number of nitrogens with one attached hydrogen (secondary N) is 2. The highest BCUT2D eigenvalue weighted by molar-refractivity contribution is 6.34. The fourth-order valence-electron chi connectivity index (χ4n) is 3.52. The first kappa shape index (κ1) is 18.9. The number of benzene rings is 1. The van der Waals surface area contributed by atoms with Crippen LogP contribution in [0.5, 0.6) is 0 Å². The van der Waals surface area contributed by atoms with Gasteiger partial charge in [-0.15, -0.1) is 0 Å². The van der Waals surface area contributed by atoms with Crippen LogP contribution in [0.25, 0.3) is 11.3 Å². The SMILES string of the molecule is CCc1cc(-c2ccc(Cl)c(C(=O)NC(O)C3CCCCCC3)c2)[nH]n1. The molecular formula is C20H26ClN3O2. The third-order valence-electron chi connectivity index (χ3n) is 5.14. The number of hydrogen-bond acceptors (Lipinski definition) is 3. The predicted octanol–water partition coefficient (Wildman–Crippen LogP) is 4.31. The first-order valence-electron chi connectivity index (χ1n) is 9.41. The third-order valence-corrected chi connectivity index (χ3v) is 5.47. The lowest BCUT2D eigenvalue weighted by molar-refractivity contribution is 0.0532. The molecule has 0 bridgehead atoms. The maximum Gasteiger partial charge on any atom is 0.254 e. The van der Waals surface area contributed by atoms with Gasteiger partial charge in [0.2, 0.25) is 0 Å². The van der Waals surface area contributed by atoms with Crippen LogP contribution in [-0.2, 0) is 6.42 Å². The molecule has 6 heteroatoms. The maximum absolute atomic E-state index is 12.7. The van der Waals surface area contributed by atoms with Gasteiger partial charge in [-0.25, -0.2) is 0 Å². The largest absolute Gasteiger partial charge is 0.373 e. The van der Waals surface area contributed by atoms with Crippen molar-refractivity contribution in [1.29, 1.82) is 0 Å². The van der Waals surface area contributed by atoms with E-state index in [-0.39, 0.29) is 11.8 Å². The smallest absolute Gasteiger partial charge is 0.254 e. The van der Waals surface area contributed by atoms with E-state index in [1.165, 1.54) is 12.8 Å². The number of H-pyrrole nitrogens is 1. The van der Waals surface area contributed by atoms with Gasteiger partial charge in [0.25, 0.3) is 5.91 Å². The number of hydrogen-bond donors (Lipinski definition) is 3. The van der Waals surface area contributed by atoms with E-state index in [9.17, 15) is 9.90 Å². The Labute approximate surface area is 159 Å². The van der Waals surface area contributed by atoms with Crippen LogP contribution in [0.4, 0.5) is 0 Å². The Balaban J connectivity index is 1.74. The number of aliphatic hydroxyl groups excluding tert-OH is 1. The van der Waals surface area contributed by atoms with Gasteiger partial charge in [-0.05, 0) is 37.5 Å². The predicted molar refractivity (Wildman–Crippen MR) is 103 cm³/mol. The molecule has 1 amide bonds. The molecule has 3 N–H and O–H groups in total. The van der Waals surface area contributed by atoms with Crippen molar-refractivity contribution in [3.63, 3.8) is 0 Å². The van der Waals surface area contributed by atoms with Gasteiger partial charge in [0.1, 0.15) is 6.23 Å². The van der Waals surface area contributed by atoms with Crippen molar-refractivity contribution in [2.24, 2.45) is 5.92 Å². The normalized spacial score (nSPS) is 16.9. The zero-order chi connectivity index (χ0) is 18.5. The zero-order valence-corrected chi connectivity index (χ0v) is 15.9. The number of amides is 1. The summed E-state index contributed by atoms with van der Waals surface area (Å²) in [5, 5.41) is 20.8. The van der Waals surface area contributed by atoms with E-state index in [1.807, 2.05) is 19.1 Å². The van der Waals surface area contributed by atoms with Gasteiger partial charge in [-0.2, -0.15) is 5.10 Å². The Kier molecular flexibility index (Phi) is 6.33. The second-order valence-corrected chi connectivity index (χ2v) is 7.40. The number of aliphatic hydroxyl groups is 1. The first-order chi connectivity index (χ1) is 12.6. The number of nitrogens with zero attached hydrogens (tertiary/aromatic N) is 1. The minimum Gasteiger partial charge on any atom is -0.373 e. The van der Waals surface area contributed by atoms with Gasteiger partial charge in [0.15, 0.2) is 0 Å². The van der Waals surface area contributed by atoms with Crippen molar-refractivity contribution < 1.29 is 9.90 Å². The molecule has 0 aliphatic heterocycles. The van der Waals surface area contributed by atoms with Crippen LogP contribution in [0.15, 0.2) is 24.3 Å². The van der Waals surface area contributed by atoms with Crippen LogP contribution in [0.3, 0.4) is 0 Å². The molecule has 1 aromatic carbocycles. The average Bonchev–Trinajstić information content (AvgIpc) is 2.95. The highest BCUT2D eigenvalue weighted by atomic mass is 35.5. The first-order valence-corrected chi connectivity index (χ1v) is 9.79. The lowest BCUT2D eigenvalue weighted by atomic mass is 9.98. The van der Waals surface area contributed by atoms with E-state index < -0.39 is 6.23 Å². The molecule has 3 rings (SSSR count). The van der Waals surface area contributed by atoms with E-state index in [1.54, 1.807) is 12.1 Å². The molecule has 1 aliphatic rings. The van der Waals surface area contributed by atoms with Crippen molar-refractivity contribution >= 4 is 17.5 Å². The average molecular weight is 376 g/mol. The molecule has 1 aromatic heterocycles. The van der Waals surface area contributed by atoms with E-state index in [0.29, 0.717) is 10.6 Å². The number of aryl methyl sites for hydroxylation is 1. The maximum atomic E-state index is 12.7. The number of aromatic nitrogens is 2. The third kappa shape index (κ3) is 4.46. The van der Waals surface area contributed by atoms with Crippen LogP contribution in [0, 0.1) is 5.92 Å². The fraction of sp³-hybridized carbons (Fsp3) is 0.500. The Hall–Kier alpha value is -1.85. The van der Waals surface area contributed by atoms with Gasteiger partial charge in [0, 0.05) is 11.5 Å². The molecule has 0 spiro atoms. The van der Waals surface area contributed by atoms with E-state index in [2.05, 4.69) is 15.5 Å². The fourth-order valence-corrected chi connectivity index (χ4v) is 3.72. The summed E-state index contributed by atoms with van der Waals surface area (Å²) in [5.74, 6) is -0.230. The minimum absolute atomic E-state index is 0.114. The molecule has 26 heavy (non-hydrogen) atoms. The molecule has 140 valence electrons. The van der Waals surface area contributed by atoms with Crippen molar-refractivity contribution in [2.75, 3.05) is 0 Å². The van der Waals surface area contributed by atoms with E-state index in [4.69, 9.17) is 11.6 Å². The van der Waals surface area contributed by atoms with E-state index in [0.717, 1.165) is 49.1 Å². The lowest BCUT2D eigenvalue weighted by Crippen LogP contribution is -2.40.